The number of amides is 1. The standard InChI is InChI=1S/C22H22N4O2/c1-13-9-14(2)21-18(10-13)17(15(3)24-21)11-19(27)23-12-20-25-26-22(28-20)16-7-5-4-6-8-16/h4-10,24H,11-12H2,1-3H3,(H,23,27). The highest BCUT2D eigenvalue weighted by atomic mass is 16.4. The number of carbonyl (C=O) groups is 1. The van der Waals surface area contributed by atoms with Crippen molar-refractivity contribution in [2.75, 3.05) is 0 Å². The summed E-state index contributed by atoms with van der Waals surface area (Å²) in [6, 6.07) is 13.8. The van der Waals surface area contributed by atoms with Crippen molar-refractivity contribution in [3.05, 3.63) is 70.7 Å². The molecular weight excluding hydrogens is 352 g/mol. The molecule has 28 heavy (non-hydrogen) atoms. The highest BCUT2D eigenvalue weighted by Gasteiger charge is 2.15. The lowest BCUT2D eigenvalue weighted by Crippen LogP contribution is -2.24. The molecule has 142 valence electrons. The Hall–Kier alpha value is -3.41. The number of hydrogen-bond acceptors (Lipinski definition) is 4. The average Bonchev–Trinajstić information content (AvgIpc) is 3.27. The summed E-state index contributed by atoms with van der Waals surface area (Å²) in [5, 5.41) is 12.0. The molecule has 2 N–H and O–H groups in total. The highest BCUT2D eigenvalue weighted by molar-refractivity contribution is 5.92. The van der Waals surface area contributed by atoms with Crippen LogP contribution >= 0.6 is 0 Å². The normalized spacial score (nSPS) is 11.1. The maximum atomic E-state index is 12.5. The summed E-state index contributed by atoms with van der Waals surface area (Å²) in [4.78, 5) is 15.9. The van der Waals surface area contributed by atoms with Crippen LogP contribution in [-0.4, -0.2) is 21.1 Å². The fraction of sp³-hybridized carbons (Fsp3) is 0.227. The van der Waals surface area contributed by atoms with Crippen molar-refractivity contribution >= 4 is 16.8 Å². The average molecular weight is 374 g/mol. The number of H-pyrrole nitrogens is 1. The number of nitrogens with one attached hydrogen (secondary N) is 2. The van der Waals surface area contributed by atoms with Crippen molar-refractivity contribution in [2.45, 2.75) is 33.7 Å². The summed E-state index contributed by atoms with van der Waals surface area (Å²) >= 11 is 0. The highest BCUT2D eigenvalue weighted by Crippen LogP contribution is 2.26. The predicted octanol–water partition coefficient (Wildman–Crippen LogP) is 4.00. The molecule has 4 rings (SSSR count). The summed E-state index contributed by atoms with van der Waals surface area (Å²) in [6.07, 6.45) is 0.300. The van der Waals surface area contributed by atoms with E-state index in [9.17, 15) is 4.79 Å². The maximum absolute atomic E-state index is 12.5. The number of aryl methyl sites for hydroxylation is 3. The Morgan fingerprint density at radius 2 is 1.89 bits per heavy atom. The van der Waals surface area contributed by atoms with Crippen LogP contribution in [-0.2, 0) is 17.8 Å². The zero-order valence-electron chi connectivity index (χ0n) is 16.2. The van der Waals surface area contributed by atoms with Gasteiger partial charge in [-0.1, -0.05) is 29.8 Å². The van der Waals surface area contributed by atoms with Gasteiger partial charge in [-0.05, 0) is 50.1 Å². The van der Waals surface area contributed by atoms with Gasteiger partial charge in [0.2, 0.25) is 17.7 Å². The van der Waals surface area contributed by atoms with E-state index in [0.29, 0.717) is 18.2 Å². The smallest absolute Gasteiger partial charge is 0.247 e. The molecule has 6 heteroatoms. The van der Waals surface area contributed by atoms with E-state index in [4.69, 9.17) is 4.42 Å². The Bertz CT molecular complexity index is 1140. The van der Waals surface area contributed by atoms with Crippen molar-refractivity contribution in [3.63, 3.8) is 0 Å². The number of benzene rings is 2. The lowest BCUT2D eigenvalue weighted by Gasteiger charge is -2.04. The summed E-state index contributed by atoms with van der Waals surface area (Å²) < 4.78 is 5.64. The molecule has 0 unspecified atom stereocenters. The maximum Gasteiger partial charge on any atom is 0.247 e. The van der Waals surface area contributed by atoms with Gasteiger partial charge >= 0.3 is 0 Å². The molecule has 2 aromatic carbocycles. The molecule has 0 saturated carbocycles. The molecule has 6 nitrogen and oxygen atoms in total. The first-order valence-electron chi connectivity index (χ1n) is 9.24. The number of fused-ring (bicyclic) bond motifs is 1. The minimum absolute atomic E-state index is 0.0809. The third kappa shape index (κ3) is 3.53. The van der Waals surface area contributed by atoms with Crippen molar-refractivity contribution < 1.29 is 9.21 Å². The van der Waals surface area contributed by atoms with Gasteiger partial charge in [0.25, 0.3) is 0 Å². The van der Waals surface area contributed by atoms with E-state index in [0.717, 1.165) is 27.7 Å². The first-order valence-corrected chi connectivity index (χ1v) is 9.24. The van der Waals surface area contributed by atoms with Crippen LogP contribution in [0.4, 0.5) is 0 Å². The number of nitrogens with zero attached hydrogens (tertiary/aromatic N) is 2. The Balaban J connectivity index is 1.45. The van der Waals surface area contributed by atoms with Crippen LogP contribution < -0.4 is 5.32 Å². The molecule has 0 aliphatic heterocycles. The minimum atomic E-state index is -0.0809. The number of rotatable bonds is 5. The monoisotopic (exact) mass is 374 g/mol. The van der Waals surface area contributed by atoms with Gasteiger partial charge in [-0.25, -0.2) is 0 Å². The Morgan fingerprint density at radius 1 is 1.11 bits per heavy atom. The first-order chi connectivity index (χ1) is 13.5. The van der Waals surface area contributed by atoms with E-state index in [1.165, 1.54) is 11.1 Å². The molecule has 0 saturated heterocycles. The lowest BCUT2D eigenvalue weighted by atomic mass is 10.0. The molecule has 0 fully saturated rings. The third-order valence-electron chi connectivity index (χ3n) is 4.83. The first kappa shape index (κ1) is 18.0. The largest absolute Gasteiger partial charge is 0.419 e. The van der Waals surface area contributed by atoms with E-state index in [1.807, 2.05) is 37.3 Å². The van der Waals surface area contributed by atoms with Gasteiger partial charge < -0.3 is 14.7 Å². The van der Waals surface area contributed by atoms with Crippen molar-refractivity contribution in [2.24, 2.45) is 0 Å². The molecular formula is C22H22N4O2. The lowest BCUT2D eigenvalue weighted by molar-refractivity contribution is -0.120. The van der Waals surface area contributed by atoms with Gasteiger partial charge in [0.1, 0.15) is 0 Å². The van der Waals surface area contributed by atoms with E-state index < -0.39 is 0 Å². The Labute approximate surface area is 163 Å². The number of aromatic amines is 1. The van der Waals surface area contributed by atoms with Crippen LogP contribution in [0.3, 0.4) is 0 Å². The van der Waals surface area contributed by atoms with Crippen LogP contribution in [0.25, 0.3) is 22.4 Å². The summed E-state index contributed by atoms with van der Waals surface area (Å²) in [6.45, 7) is 6.35. The van der Waals surface area contributed by atoms with Crippen LogP contribution in [0, 0.1) is 20.8 Å². The predicted molar refractivity (Wildman–Crippen MR) is 108 cm³/mol. The minimum Gasteiger partial charge on any atom is -0.419 e. The fourth-order valence-corrected chi connectivity index (χ4v) is 3.48. The molecule has 4 aromatic rings. The second kappa shape index (κ2) is 7.31. The van der Waals surface area contributed by atoms with Gasteiger partial charge in [-0.3, -0.25) is 4.79 Å². The molecule has 0 spiro atoms. The van der Waals surface area contributed by atoms with Crippen LogP contribution in [0.15, 0.2) is 46.9 Å². The van der Waals surface area contributed by atoms with Gasteiger partial charge in [0.05, 0.1) is 13.0 Å². The number of aromatic nitrogens is 3. The van der Waals surface area contributed by atoms with Crippen LogP contribution in [0.2, 0.25) is 0 Å². The number of carbonyl (C=O) groups excluding carboxylic acids is 1. The zero-order valence-corrected chi connectivity index (χ0v) is 16.2. The second-order valence-electron chi connectivity index (χ2n) is 7.05. The molecule has 2 aromatic heterocycles. The Kier molecular flexibility index (Phi) is 4.69. The second-order valence-corrected chi connectivity index (χ2v) is 7.05. The van der Waals surface area contributed by atoms with E-state index in [2.05, 4.69) is 46.5 Å². The quantitative estimate of drug-likeness (QED) is 0.553. The molecule has 0 bridgehead atoms. The van der Waals surface area contributed by atoms with Crippen molar-refractivity contribution in [1.29, 1.82) is 0 Å². The van der Waals surface area contributed by atoms with Gasteiger partial charge in [-0.15, -0.1) is 10.2 Å². The summed E-state index contributed by atoms with van der Waals surface area (Å²) in [5.41, 5.74) is 6.36. The summed E-state index contributed by atoms with van der Waals surface area (Å²) in [5.74, 6) is 0.750. The topological polar surface area (TPSA) is 83.8 Å². The van der Waals surface area contributed by atoms with Gasteiger partial charge in [0, 0.05) is 22.2 Å². The Morgan fingerprint density at radius 3 is 2.68 bits per heavy atom. The third-order valence-corrected chi connectivity index (χ3v) is 4.83. The van der Waals surface area contributed by atoms with Crippen molar-refractivity contribution in [3.8, 4) is 11.5 Å². The molecule has 2 heterocycles. The van der Waals surface area contributed by atoms with Gasteiger partial charge in [0.15, 0.2) is 0 Å². The number of hydrogen-bond donors (Lipinski definition) is 2. The molecule has 0 radical (unpaired) electrons. The zero-order chi connectivity index (χ0) is 19.7. The van der Waals surface area contributed by atoms with Crippen molar-refractivity contribution in [1.82, 2.24) is 20.5 Å². The molecule has 0 aliphatic carbocycles. The van der Waals surface area contributed by atoms with E-state index in [1.54, 1.807) is 0 Å². The molecule has 0 atom stereocenters. The van der Waals surface area contributed by atoms with E-state index in [-0.39, 0.29) is 12.5 Å². The molecule has 1 amide bonds. The SMILES string of the molecule is Cc1cc(C)c2[nH]c(C)c(CC(=O)NCc3nnc(-c4ccccc4)o3)c2c1. The summed E-state index contributed by atoms with van der Waals surface area (Å²) in [7, 11) is 0. The van der Waals surface area contributed by atoms with E-state index >= 15 is 0 Å². The van der Waals surface area contributed by atoms with Crippen LogP contribution in [0.5, 0.6) is 0 Å². The fourth-order valence-electron chi connectivity index (χ4n) is 3.48. The van der Waals surface area contributed by atoms with Gasteiger partial charge in [-0.2, -0.15) is 0 Å². The molecule has 0 aliphatic rings. The van der Waals surface area contributed by atoms with Crippen LogP contribution in [0.1, 0.15) is 28.3 Å².